The minimum absolute atomic E-state index is 0.0229. The molecule has 0 saturated carbocycles. The predicted octanol–water partition coefficient (Wildman–Crippen LogP) is 5.18. The summed E-state index contributed by atoms with van der Waals surface area (Å²) in [7, 11) is -2.63. The molecular formula is C21H16Cl2N2O3S. The van der Waals surface area contributed by atoms with Crippen molar-refractivity contribution in [3.63, 3.8) is 0 Å². The van der Waals surface area contributed by atoms with Gasteiger partial charge in [-0.1, -0.05) is 65.7 Å². The van der Waals surface area contributed by atoms with Crippen molar-refractivity contribution in [1.29, 1.82) is 0 Å². The minimum Gasteiger partial charge on any atom is -0.495 e. The molecule has 8 heteroatoms. The van der Waals surface area contributed by atoms with Gasteiger partial charge >= 0.3 is 0 Å². The minimum atomic E-state index is -4.07. The first kappa shape index (κ1) is 19.8. The van der Waals surface area contributed by atoms with Crippen LogP contribution in [0, 0.1) is 0 Å². The van der Waals surface area contributed by atoms with Gasteiger partial charge < -0.3 is 4.74 Å². The molecule has 0 N–H and O–H groups in total. The number of nitrogens with zero attached hydrogens (tertiary/aromatic N) is 2. The summed E-state index contributed by atoms with van der Waals surface area (Å²) in [5.74, 6) is 0.691. The van der Waals surface area contributed by atoms with E-state index in [2.05, 4.69) is 4.98 Å². The van der Waals surface area contributed by atoms with E-state index in [1.165, 1.54) is 23.2 Å². The number of aromatic nitrogens is 2. The Bertz CT molecular complexity index is 1300. The van der Waals surface area contributed by atoms with E-state index in [4.69, 9.17) is 27.9 Å². The first-order valence-corrected chi connectivity index (χ1v) is 10.9. The molecule has 148 valence electrons. The quantitative estimate of drug-likeness (QED) is 0.423. The fraction of sp³-hybridized carbons (Fsp3) is 0.0952. The Balaban J connectivity index is 1.95. The third-order valence-corrected chi connectivity index (χ3v) is 7.02. The topological polar surface area (TPSA) is 61.2 Å². The Hall–Kier alpha value is -2.54. The summed E-state index contributed by atoms with van der Waals surface area (Å²) in [4.78, 5) is 4.46. The highest BCUT2D eigenvalue weighted by Crippen LogP contribution is 2.35. The number of methoxy groups -OCH3 is 1. The van der Waals surface area contributed by atoms with E-state index in [-0.39, 0.29) is 14.9 Å². The van der Waals surface area contributed by atoms with Gasteiger partial charge in [-0.2, -0.15) is 0 Å². The third-order valence-electron chi connectivity index (χ3n) is 4.51. The van der Waals surface area contributed by atoms with Crippen molar-refractivity contribution in [1.82, 2.24) is 8.96 Å². The molecule has 0 fully saturated rings. The van der Waals surface area contributed by atoms with Crippen molar-refractivity contribution in [2.45, 2.75) is 11.3 Å². The summed E-state index contributed by atoms with van der Waals surface area (Å²) in [6.45, 7) is 0. The molecule has 0 saturated heterocycles. The molecule has 0 atom stereocenters. The Morgan fingerprint density at radius 2 is 1.66 bits per heavy atom. The van der Waals surface area contributed by atoms with Gasteiger partial charge in [0, 0.05) is 12.5 Å². The van der Waals surface area contributed by atoms with Crippen LogP contribution in [0.25, 0.3) is 11.0 Å². The zero-order valence-corrected chi connectivity index (χ0v) is 17.7. The number of para-hydroxylation sites is 2. The SMILES string of the molecule is COc1cc(Cl)c(S(=O)(=O)n2c(Cc3ccccc3)nc3ccccc32)cc1Cl. The van der Waals surface area contributed by atoms with E-state index in [9.17, 15) is 8.42 Å². The second kappa shape index (κ2) is 7.71. The fourth-order valence-electron chi connectivity index (χ4n) is 3.17. The highest BCUT2D eigenvalue weighted by atomic mass is 35.5. The largest absolute Gasteiger partial charge is 0.495 e. The molecule has 0 amide bonds. The van der Waals surface area contributed by atoms with Crippen molar-refractivity contribution < 1.29 is 13.2 Å². The van der Waals surface area contributed by atoms with Crippen LogP contribution in [0.15, 0.2) is 71.6 Å². The molecule has 0 unspecified atom stereocenters. The van der Waals surface area contributed by atoms with Gasteiger partial charge in [-0.25, -0.2) is 17.4 Å². The molecule has 1 heterocycles. The average molecular weight is 447 g/mol. The second-order valence-electron chi connectivity index (χ2n) is 6.37. The van der Waals surface area contributed by atoms with Crippen molar-refractivity contribution >= 4 is 44.3 Å². The molecule has 0 bridgehead atoms. The number of imidazole rings is 1. The van der Waals surface area contributed by atoms with Crippen LogP contribution in [-0.4, -0.2) is 24.5 Å². The van der Waals surface area contributed by atoms with Crippen LogP contribution in [0.1, 0.15) is 11.4 Å². The molecule has 0 spiro atoms. The summed E-state index contributed by atoms with van der Waals surface area (Å²) in [6, 6.07) is 19.3. The number of rotatable bonds is 5. The van der Waals surface area contributed by atoms with E-state index < -0.39 is 10.0 Å². The molecule has 4 rings (SSSR count). The maximum atomic E-state index is 13.6. The van der Waals surface area contributed by atoms with E-state index in [1.807, 2.05) is 36.4 Å². The summed E-state index contributed by atoms with van der Waals surface area (Å²) in [6.07, 6.45) is 0.344. The molecular weight excluding hydrogens is 431 g/mol. The molecule has 4 aromatic rings. The lowest BCUT2D eigenvalue weighted by Crippen LogP contribution is -2.17. The smallest absolute Gasteiger partial charge is 0.271 e. The molecule has 1 aromatic heterocycles. The highest BCUT2D eigenvalue weighted by molar-refractivity contribution is 7.90. The summed E-state index contributed by atoms with van der Waals surface area (Å²) in [5, 5.41) is 0.180. The van der Waals surface area contributed by atoms with E-state index >= 15 is 0 Å². The van der Waals surface area contributed by atoms with Gasteiger partial charge in [0.1, 0.15) is 16.5 Å². The zero-order chi connectivity index (χ0) is 20.6. The van der Waals surface area contributed by atoms with Crippen molar-refractivity contribution in [3.8, 4) is 5.75 Å². The lowest BCUT2D eigenvalue weighted by Gasteiger charge is -2.13. The van der Waals surface area contributed by atoms with Crippen molar-refractivity contribution in [3.05, 3.63) is 88.2 Å². The lowest BCUT2D eigenvalue weighted by molar-refractivity contribution is 0.414. The highest BCUT2D eigenvalue weighted by Gasteiger charge is 2.27. The van der Waals surface area contributed by atoms with Gasteiger partial charge in [0.2, 0.25) is 0 Å². The average Bonchev–Trinajstić information content (AvgIpc) is 3.08. The van der Waals surface area contributed by atoms with E-state index in [1.54, 1.807) is 18.2 Å². The standard InChI is InChI=1S/C21H16Cl2N2O3S/c1-28-19-12-16(23)20(13-15(19)22)29(26,27)25-18-10-6-5-9-17(18)24-21(25)11-14-7-3-2-4-8-14/h2-10,12-13H,11H2,1H3. The maximum absolute atomic E-state index is 13.6. The Morgan fingerprint density at radius 1 is 0.966 bits per heavy atom. The van der Waals surface area contributed by atoms with Gasteiger partial charge in [0.15, 0.2) is 0 Å². The number of halogens is 2. The Morgan fingerprint density at radius 3 is 2.38 bits per heavy atom. The van der Waals surface area contributed by atoms with Crippen molar-refractivity contribution in [2.75, 3.05) is 7.11 Å². The first-order chi connectivity index (χ1) is 13.9. The summed E-state index contributed by atoms with van der Waals surface area (Å²) < 4.78 is 33.6. The molecule has 0 aliphatic heterocycles. The summed E-state index contributed by atoms with van der Waals surface area (Å²) >= 11 is 12.5. The second-order valence-corrected chi connectivity index (χ2v) is 8.94. The number of ether oxygens (including phenoxy) is 1. The monoisotopic (exact) mass is 446 g/mol. The van der Waals surface area contributed by atoms with Gasteiger partial charge in [-0.05, 0) is 23.8 Å². The van der Waals surface area contributed by atoms with Gasteiger partial charge in [-0.3, -0.25) is 0 Å². The lowest BCUT2D eigenvalue weighted by atomic mass is 10.1. The van der Waals surface area contributed by atoms with Crippen LogP contribution in [0.2, 0.25) is 10.0 Å². The number of hydrogen-bond donors (Lipinski definition) is 0. The normalized spacial score (nSPS) is 11.7. The van der Waals surface area contributed by atoms with Crippen LogP contribution in [-0.2, 0) is 16.4 Å². The first-order valence-electron chi connectivity index (χ1n) is 8.70. The molecule has 0 aliphatic rings. The van der Waals surface area contributed by atoms with Crippen LogP contribution in [0.5, 0.6) is 5.75 Å². The summed E-state index contributed by atoms with van der Waals surface area (Å²) in [5.41, 5.74) is 2.00. The zero-order valence-electron chi connectivity index (χ0n) is 15.3. The Kier molecular flexibility index (Phi) is 5.25. The van der Waals surface area contributed by atoms with Gasteiger partial charge in [-0.15, -0.1) is 0 Å². The predicted molar refractivity (Wildman–Crippen MR) is 115 cm³/mol. The van der Waals surface area contributed by atoms with Gasteiger partial charge in [0.05, 0.1) is 28.2 Å². The number of benzene rings is 3. The molecule has 0 radical (unpaired) electrons. The molecule has 29 heavy (non-hydrogen) atoms. The third kappa shape index (κ3) is 3.59. The fourth-order valence-corrected chi connectivity index (χ4v) is 5.49. The number of hydrogen-bond acceptors (Lipinski definition) is 4. The maximum Gasteiger partial charge on any atom is 0.271 e. The molecule has 5 nitrogen and oxygen atoms in total. The number of fused-ring (bicyclic) bond motifs is 1. The van der Waals surface area contributed by atoms with Crippen LogP contribution in [0.3, 0.4) is 0 Å². The van der Waals surface area contributed by atoms with E-state index in [0.717, 1.165) is 5.56 Å². The van der Waals surface area contributed by atoms with Crippen LogP contribution >= 0.6 is 23.2 Å². The van der Waals surface area contributed by atoms with Crippen LogP contribution in [0.4, 0.5) is 0 Å². The van der Waals surface area contributed by atoms with Crippen LogP contribution < -0.4 is 4.74 Å². The van der Waals surface area contributed by atoms with Crippen molar-refractivity contribution in [2.24, 2.45) is 0 Å². The molecule has 3 aromatic carbocycles. The van der Waals surface area contributed by atoms with E-state index in [0.29, 0.717) is 29.0 Å². The van der Waals surface area contributed by atoms with Gasteiger partial charge in [0.25, 0.3) is 10.0 Å². The Labute approximate surface area is 178 Å². The molecule has 0 aliphatic carbocycles.